The van der Waals surface area contributed by atoms with Crippen molar-refractivity contribution in [3.63, 3.8) is 0 Å². The molecule has 7 nitrogen and oxygen atoms in total. The predicted molar refractivity (Wildman–Crippen MR) is 156 cm³/mol. The fourth-order valence-electron chi connectivity index (χ4n) is 5.72. The highest BCUT2D eigenvalue weighted by molar-refractivity contribution is 6.10. The van der Waals surface area contributed by atoms with Gasteiger partial charge in [0.05, 0.1) is 11.3 Å². The van der Waals surface area contributed by atoms with Crippen LogP contribution in [0.1, 0.15) is 66.1 Å². The molecule has 4 N–H and O–H groups in total. The number of carboxylic acid groups (broad SMARTS) is 1. The van der Waals surface area contributed by atoms with Crippen molar-refractivity contribution < 1.29 is 19.5 Å². The Balaban J connectivity index is 1.63. The third kappa shape index (κ3) is 6.30. The normalized spacial score (nSPS) is 15.3. The molecular formula is C32H37N3O4. The first-order valence-electron chi connectivity index (χ1n) is 13.5. The zero-order valence-corrected chi connectivity index (χ0v) is 22.9. The Morgan fingerprint density at radius 1 is 0.974 bits per heavy atom. The van der Waals surface area contributed by atoms with Gasteiger partial charge in [-0.2, -0.15) is 0 Å². The van der Waals surface area contributed by atoms with Crippen LogP contribution < -0.4 is 16.0 Å². The molecule has 7 heteroatoms. The molecule has 0 unspecified atom stereocenters. The Kier molecular flexibility index (Phi) is 8.38. The number of allylic oxidation sites excluding steroid dienone is 1. The molecule has 1 saturated carbocycles. The number of hydrogen-bond acceptors (Lipinski definition) is 3. The van der Waals surface area contributed by atoms with Crippen molar-refractivity contribution in [3.8, 4) is 0 Å². The molecule has 1 aliphatic rings. The summed E-state index contributed by atoms with van der Waals surface area (Å²) < 4.78 is 0. The lowest BCUT2D eigenvalue weighted by atomic mass is 9.70. The number of carbonyl (C=O) groups is 3. The van der Waals surface area contributed by atoms with Crippen molar-refractivity contribution in [3.05, 3.63) is 83.4 Å². The van der Waals surface area contributed by atoms with Gasteiger partial charge in [-0.1, -0.05) is 68.7 Å². The number of hydrogen-bond donors (Lipinski definition) is 4. The number of benzene rings is 3. The lowest BCUT2D eigenvalue weighted by Crippen LogP contribution is -2.52. The molecule has 3 aromatic carbocycles. The zero-order chi connectivity index (χ0) is 28.2. The number of fused-ring (bicyclic) bond motifs is 1. The molecule has 0 radical (unpaired) electrons. The molecule has 0 aromatic heterocycles. The number of rotatable bonds is 8. The van der Waals surface area contributed by atoms with E-state index in [1.165, 1.54) is 0 Å². The maximum atomic E-state index is 13.6. The van der Waals surface area contributed by atoms with Gasteiger partial charge in [0.2, 0.25) is 0 Å². The predicted octanol–water partition coefficient (Wildman–Crippen LogP) is 6.98. The molecule has 0 saturated heterocycles. The quantitative estimate of drug-likeness (QED) is 0.237. The van der Waals surface area contributed by atoms with Crippen LogP contribution in [-0.4, -0.2) is 29.1 Å². The maximum Gasteiger partial charge on any atom is 0.326 e. The van der Waals surface area contributed by atoms with Crippen LogP contribution in [0.5, 0.6) is 0 Å². The summed E-state index contributed by atoms with van der Waals surface area (Å²) in [6.45, 7) is 9.59. The average Bonchev–Trinajstić information content (AvgIpc) is 2.89. The van der Waals surface area contributed by atoms with Crippen LogP contribution in [0, 0.1) is 19.3 Å². The fraction of sp³-hybridized carbons (Fsp3) is 0.344. The second-order valence-corrected chi connectivity index (χ2v) is 10.9. The van der Waals surface area contributed by atoms with Crippen molar-refractivity contribution >= 4 is 40.1 Å². The van der Waals surface area contributed by atoms with Gasteiger partial charge in [-0.15, -0.1) is 6.58 Å². The summed E-state index contributed by atoms with van der Waals surface area (Å²) >= 11 is 0. The molecule has 1 aliphatic carbocycles. The molecule has 1 fully saturated rings. The Bertz CT molecular complexity index is 1400. The second-order valence-electron chi connectivity index (χ2n) is 10.9. The van der Waals surface area contributed by atoms with Gasteiger partial charge in [0.15, 0.2) is 0 Å². The number of urea groups is 1. The van der Waals surface area contributed by atoms with Crippen LogP contribution in [0.3, 0.4) is 0 Å². The topological polar surface area (TPSA) is 108 Å². The highest BCUT2D eigenvalue weighted by Crippen LogP contribution is 2.39. The second kappa shape index (κ2) is 11.7. The van der Waals surface area contributed by atoms with Gasteiger partial charge in [-0.3, -0.25) is 4.79 Å². The Morgan fingerprint density at radius 2 is 1.59 bits per heavy atom. The van der Waals surface area contributed by atoms with Crippen LogP contribution in [-0.2, 0) is 11.2 Å². The minimum atomic E-state index is -1.05. The molecule has 204 valence electrons. The summed E-state index contributed by atoms with van der Waals surface area (Å²) in [7, 11) is 0. The molecule has 1 atom stereocenters. The number of anilines is 2. The van der Waals surface area contributed by atoms with Gasteiger partial charge in [0.1, 0.15) is 6.04 Å². The molecule has 0 aliphatic heterocycles. The first-order valence-corrected chi connectivity index (χ1v) is 13.5. The smallest absolute Gasteiger partial charge is 0.326 e. The van der Waals surface area contributed by atoms with E-state index < -0.39 is 29.4 Å². The van der Waals surface area contributed by atoms with E-state index in [4.69, 9.17) is 0 Å². The van der Waals surface area contributed by atoms with E-state index in [0.717, 1.165) is 66.0 Å². The van der Waals surface area contributed by atoms with E-state index in [0.29, 0.717) is 11.4 Å². The van der Waals surface area contributed by atoms with Crippen LogP contribution in [0.15, 0.2) is 61.2 Å². The van der Waals surface area contributed by atoms with Crippen molar-refractivity contribution in [1.82, 2.24) is 5.32 Å². The zero-order valence-electron chi connectivity index (χ0n) is 22.9. The molecule has 3 amide bonds. The lowest BCUT2D eigenvalue weighted by Gasteiger charge is -2.38. The first-order chi connectivity index (χ1) is 18.6. The van der Waals surface area contributed by atoms with Crippen LogP contribution in [0.2, 0.25) is 0 Å². The van der Waals surface area contributed by atoms with Crippen molar-refractivity contribution in [1.29, 1.82) is 0 Å². The third-order valence-corrected chi connectivity index (χ3v) is 7.80. The first kappa shape index (κ1) is 27.9. The van der Waals surface area contributed by atoms with Gasteiger partial charge in [-0.25, -0.2) is 9.59 Å². The molecule has 3 aromatic rings. The average molecular weight is 528 g/mol. The SMILES string of the molecule is C=CCc1cc(C)c(NC(=O)Nc2cc3ccccc3cc2C(=O)N[C@H](C(=O)O)C2(C)CCCCC2)c(C)c1. The minimum Gasteiger partial charge on any atom is -0.480 e. The van der Waals surface area contributed by atoms with Gasteiger partial charge in [0, 0.05) is 5.69 Å². The fourth-order valence-corrected chi connectivity index (χ4v) is 5.72. The van der Waals surface area contributed by atoms with Crippen LogP contribution in [0.25, 0.3) is 10.8 Å². The van der Waals surface area contributed by atoms with Crippen molar-refractivity contribution in [2.45, 2.75) is 65.3 Å². The third-order valence-electron chi connectivity index (χ3n) is 7.80. The minimum absolute atomic E-state index is 0.212. The number of carbonyl (C=O) groups excluding carboxylic acids is 2. The van der Waals surface area contributed by atoms with Crippen molar-refractivity contribution in [2.24, 2.45) is 5.41 Å². The number of nitrogens with one attached hydrogen (secondary N) is 3. The summed E-state index contributed by atoms with van der Waals surface area (Å²) in [6, 6.07) is 13.5. The van der Waals surface area contributed by atoms with E-state index in [-0.39, 0.29) is 5.56 Å². The Hall–Kier alpha value is -4.13. The maximum absolute atomic E-state index is 13.6. The van der Waals surface area contributed by atoms with Gasteiger partial charge in [-0.05, 0) is 78.1 Å². The highest BCUT2D eigenvalue weighted by Gasteiger charge is 2.41. The molecule has 39 heavy (non-hydrogen) atoms. The van der Waals surface area contributed by atoms with Crippen molar-refractivity contribution in [2.75, 3.05) is 10.6 Å². The highest BCUT2D eigenvalue weighted by atomic mass is 16.4. The molecule has 4 rings (SSSR count). The molecule has 0 bridgehead atoms. The van der Waals surface area contributed by atoms with E-state index >= 15 is 0 Å². The van der Waals surface area contributed by atoms with Gasteiger partial charge < -0.3 is 21.1 Å². The van der Waals surface area contributed by atoms with Crippen LogP contribution in [0.4, 0.5) is 16.2 Å². The number of carboxylic acids is 1. The van der Waals surface area contributed by atoms with Gasteiger partial charge in [0.25, 0.3) is 5.91 Å². The van der Waals surface area contributed by atoms with E-state index in [1.54, 1.807) is 12.1 Å². The number of aryl methyl sites for hydroxylation is 2. The monoisotopic (exact) mass is 527 g/mol. The Morgan fingerprint density at radius 3 is 2.18 bits per heavy atom. The van der Waals surface area contributed by atoms with Crippen LogP contribution >= 0.6 is 0 Å². The van der Waals surface area contributed by atoms with E-state index in [9.17, 15) is 19.5 Å². The van der Waals surface area contributed by atoms with E-state index in [1.807, 2.05) is 63.2 Å². The number of aliphatic carboxylic acids is 1. The summed E-state index contributed by atoms with van der Waals surface area (Å²) in [5.41, 5.74) is 3.63. The molecule has 0 heterocycles. The number of amides is 3. The standard InChI is InChI=1S/C32H37N3O4/c1-5-11-22-16-20(2)27(21(3)17-22)34-31(39)33-26-19-24-13-8-7-12-23(24)18-25(26)29(36)35-28(30(37)38)32(4)14-9-6-10-15-32/h5,7-8,12-13,16-19,28H,1,6,9-11,14-15H2,2-4H3,(H,35,36)(H,37,38)(H2,33,34,39)/t28-/m1/s1. The molecular weight excluding hydrogens is 490 g/mol. The summed E-state index contributed by atoms with van der Waals surface area (Å²) in [6.07, 6.45) is 6.99. The molecule has 0 spiro atoms. The Labute approximate surface area is 229 Å². The largest absolute Gasteiger partial charge is 0.480 e. The lowest BCUT2D eigenvalue weighted by molar-refractivity contribution is -0.143. The summed E-state index contributed by atoms with van der Waals surface area (Å²) in [5.74, 6) is -1.58. The summed E-state index contributed by atoms with van der Waals surface area (Å²) in [5, 5.41) is 20.3. The van der Waals surface area contributed by atoms with Gasteiger partial charge >= 0.3 is 12.0 Å². The van der Waals surface area contributed by atoms with E-state index in [2.05, 4.69) is 22.5 Å². The summed E-state index contributed by atoms with van der Waals surface area (Å²) in [4.78, 5) is 39.1.